The fourth-order valence-electron chi connectivity index (χ4n) is 3.34. The van der Waals surface area contributed by atoms with E-state index in [4.69, 9.17) is 16.7 Å². The zero-order valence-electron chi connectivity index (χ0n) is 12.7. The first-order chi connectivity index (χ1) is 10.2. The maximum absolute atomic E-state index is 11.7. The van der Waals surface area contributed by atoms with Crippen LogP contribution in [0.3, 0.4) is 0 Å². The van der Waals surface area contributed by atoms with Gasteiger partial charge in [0.25, 0.3) is 0 Å². The smallest absolute Gasteiger partial charge is 0.333 e. The highest BCUT2D eigenvalue weighted by molar-refractivity contribution is 6.18. The van der Waals surface area contributed by atoms with Gasteiger partial charge in [-0.15, -0.1) is 11.6 Å². The van der Waals surface area contributed by atoms with Crippen molar-refractivity contribution in [3.63, 3.8) is 0 Å². The molecule has 0 heterocycles. The SMILES string of the molecule is CC(C)C1CCC(O)(CCl)C(C(=O)O)C1C=C(CO)C(=O)O. The Morgan fingerprint density at radius 3 is 2.32 bits per heavy atom. The van der Waals surface area contributed by atoms with Crippen LogP contribution in [0.5, 0.6) is 0 Å². The number of halogens is 1. The standard InChI is InChI=1S/C15H23ClO6/c1-8(2)10-3-4-15(22,7-16)12(14(20)21)11(10)5-9(6-17)13(18)19/h5,8,10-12,17,22H,3-4,6-7H2,1-2H3,(H,18,19)(H,20,21). The molecule has 22 heavy (non-hydrogen) atoms. The van der Waals surface area contributed by atoms with Gasteiger partial charge in [-0.1, -0.05) is 19.9 Å². The minimum Gasteiger partial charge on any atom is -0.481 e. The summed E-state index contributed by atoms with van der Waals surface area (Å²) < 4.78 is 0. The van der Waals surface area contributed by atoms with Crippen LogP contribution in [0.1, 0.15) is 26.7 Å². The third kappa shape index (κ3) is 3.80. The van der Waals surface area contributed by atoms with E-state index >= 15 is 0 Å². The normalized spacial score (nSPS) is 33.0. The lowest BCUT2D eigenvalue weighted by atomic mass is 9.61. The number of aliphatic hydroxyl groups is 2. The quantitative estimate of drug-likeness (QED) is 0.430. The minimum absolute atomic E-state index is 0.106. The molecule has 1 saturated carbocycles. The van der Waals surface area contributed by atoms with Crippen LogP contribution < -0.4 is 0 Å². The van der Waals surface area contributed by atoms with E-state index in [1.807, 2.05) is 13.8 Å². The van der Waals surface area contributed by atoms with Crippen molar-refractivity contribution in [2.45, 2.75) is 32.3 Å². The van der Waals surface area contributed by atoms with Gasteiger partial charge in [0.15, 0.2) is 0 Å². The van der Waals surface area contributed by atoms with Crippen molar-refractivity contribution in [2.24, 2.45) is 23.7 Å². The van der Waals surface area contributed by atoms with Gasteiger partial charge < -0.3 is 20.4 Å². The summed E-state index contributed by atoms with van der Waals surface area (Å²) in [4.78, 5) is 22.8. The van der Waals surface area contributed by atoms with E-state index in [1.165, 1.54) is 6.08 Å². The summed E-state index contributed by atoms with van der Waals surface area (Å²) in [5.41, 5.74) is -1.85. The lowest BCUT2D eigenvalue weighted by molar-refractivity contribution is -0.161. The molecule has 0 aromatic heterocycles. The van der Waals surface area contributed by atoms with Crippen LogP contribution in [0.15, 0.2) is 11.6 Å². The summed E-state index contributed by atoms with van der Waals surface area (Å²) in [6.07, 6.45) is 2.08. The van der Waals surface area contributed by atoms with Gasteiger partial charge in [0.1, 0.15) is 0 Å². The van der Waals surface area contributed by atoms with Crippen LogP contribution in [0.4, 0.5) is 0 Å². The Labute approximate surface area is 134 Å². The second-order valence-electron chi connectivity index (χ2n) is 6.23. The highest BCUT2D eigenvalue weighted by atomic mass is 35.5. The fourth-order valence-corrected chi connectivity index (χ4v) is 3.64. The molecule has 1 fully saturated rings. The molecule has 0 aromatic rings. The number of alkyl halides is 1. The van der Waals surface area contributed by atoms with Crippen LogP contribution in [-0.4, -0.2) is 50.5 Å². The Morgan fingerprint density at radius 2 is 1.95 bits per heavy atom. The summed E-state index contributed by atoms with van der Waals surface area (Å²) in [6.45, 7) is 3.16. The molecular formula is C15H23ClO6. The molecule has 1 aliphatic rings. The molecule has 0 saturated heterocycles. The van der Waals surface area contributed by atoms with Crippen LogP contribution in [0, 0.1) is 23.7 Å². The predicted octanol–water partition coefficient (Wildman–Crippen LogP) is 1.34. The van der Waals surface area contributed by atoms with Gasteiger partial charge in [0.05, 0.1) is 29.6 Å². The number of hydrogen-bond acceptors (Lipinski definition) is 4. The molecule has 1 aliphatic carbocycles. The molecular weight excluding hydrogens is 312 g/mol. The van der Waals surface area contributed by atoms with Crippen LogP contribution in [-0.2, 0) is 9.59 Å². The van der Waals surface area contributed by atoms with Crippen molar-refractivity contribution in [3.05, 3.63) is 11.6 Å². The molecule has 4 atom stereocenters. The Kier molecular flexibility index (Phi) is 6.40. The van der Waals surface area contributed by atoms with E-state index in [9.17, 15) is 24.9 Å². The molecule has 0 aromatic carbocycles. The van der Waals surface area contributed by atoms with Gasteiger partial charge in [-0.05, 0) is 30.6 Å². The Morgan fingerprint density at radius 1 is 1.36 bits per heavy atom. The first kappa shape index (κ1) is 18.9. The second-order valence-corrected chi connectivity index (χ2v) is 6.50. The molecule has 4 N–H and O–H groups in total. The zero-order valence-corrected chi connectivity index (χ0v) is 13.5. The summed E-state index contributed by atoms with van der Waals surface area (Å²) in [6, 6.07) is 0. The maximum atomic E-state index is 11.7. The van der Waals surface area contributed by atoms with Crippen molar-refractivity contribution in [3.8, 4) is 0 Å². The fraction of sp³-hybridized carbons (Fsp3) is 0.733. The number of allylic oxidation sites excluding steroid dienone is 1. The first-order valence-electron chi connectivity index (χ1n) is 7.24. The molecule has 0 spiro atoms. The monoisotopic (exact) mass is 334 g/mol. The third-order valence-electron chi connectivity index (χ3n) is 4.56. The topological polar surface area (TPSA) is 115 Å². The van der Waals surface area contributed by atoms with Crippen LogP contribution >= 0.6 is 11.6 Å². The summed E-state index contributed by atoms with van der Waals surface area (Å²) >= 11 is 5.79. The number of rotatable bonds is 6. The summed E-state index contributed by atoms with van der Waals surface area (Å²) in [7, 11) is 0. The van der Waals surface area contributed by atoms with Crippen LogP contribution in [0.2, 0.25) is 0 Å². The first-order valence-corrected chi connectivity index (χ1v) is 7.77. The highest BCUT2D eigenvalue weighted by Gasteiger charge is 2.51. The third-order valence-corrected chi connectivity index (χ3v) is 5.02. The average molecular weight is 335 g/mol. The Hall–Kier alpha value is -1.11. The van der Waals surface area contributed by atoms with Gasteiger partial charge in [-0.2, -0.15) is 0 Å². The van der Waals surface area contributed by atoms with E-state index in [0.29, 0.717) is 6.42 Å². The van der Waals surface area contributed by atoms with Gasteiger partial charge in [0.2, 0.25) is 0 Å². The van der Waals surface area contributed by atoms with Crippen molar-refractivity contribution in [2.75, 3.05) is 12.5 Å². The Balaban J connectivity index is 3.36. The van der Waals surface area contributed by atoms with E-state index in [0.717, 1.165) is 0 Å². The van der Waals surface area contributed by atoms with Crippen molar-refractivity contribution in [1.82, 2.24) is 0 Å². The van der Waals surface area contributed by atoms with E-state index in [1.54, 1.807) is 0 Å². The lowest BCUT2D eigenvalue weighted by Crippen LogP contribution is -2.53. The lowest BCUT2D eigenvalue weighted by Gasteiger charge is -2.46. The van der Waals surface area contributed by atoms with Gasteiger partial charge in [0, 0.05) is 0 Å². The number of carboxylic acid groups (broad SMARTS) is 2. The molecule has 0 amide bonds. The average Bonchev–Trinajstić information content (AvgIpc) is 2.43. The van der Waals surface area contributed by atoms with E-state index in [2.05, 4.69) is 0 Å². The van der Waals surface area contributed by atoms with Gasteiger partial charge in [-0.25, -0.2) is 4.79 Å². The molecule has 0 aliphatic heterocycles. The van der Waals surface area contributed by atoms with Gasteiger partial charge >= 0.3 is 11.9 Å². The minimum atomic E-state index is -1.58. The summed E-state index contributed by atoms with van der Waals surface area (Å²) in [5.74, 6) is -4.64. The van der Waals surface area contributed by atoms with Crippen molar-refractivity contribution < 1.29 is 30.0 Å². The second kappa shape index (κ2) is 7.44. The maximum Gasteiger partial charge on any atom is 0.333 e. The number of aliphatic hydroxyl groups excluding tert-OH is 1. The van der Waals surface area contributed by atoms with Crippen LogP contribution in [0.25, 0.3) is 0 Å². The number of carbonyl (C=O) groups is 2. The zero-order chi connectivity index (χ0) is 17.1. The Bertz CT molecular complexity index is 461. The molecule has 7 heteroatoms. The number of hydrogen-bond donors (Lipinski definition) is 4. The van der Waals surface area contributed by atoms with Crippen molar-refractivity contribution in [1.29, 1.82) is 0 Å². The molecule has 6 nitrogen and oxygen atoms in total. The van der Waals surface area contributed by atoms with E-state index < -0.39 is 36.0 Å². The summed E-state index contributed by atoms with van der Waals surface area (Å²) in [5, 5.41) is 38.3. The largest absolute Gasteiger partial charge is 0.481 e. The molecule has 0 radical (unpaired) electrons. The molecule has 1 rings (SSSR count). The highest BCUT2D eigenvalue weighted by Crippen LogP contribution is 2.46. The number of carboxylic acids is 2. The molecule has 4 unspecified atom stereocenters. The van der Waals surface area contributed by atoms with Crippen molar-refractivity contribution >= 4 is 23.5 Å². The predicted molar refractivity (Wildman–Crippen MR) is 80.7 cm³/mol. The number of aliphatic carboxylic acids is 2. The van der Waals surface area contributed by atoms with E-state index in [-0.39, 0.29) is 29.7 Å². The molecule has 126 valence electrons. The molecule has 0 bridgehead atoms. The van der Waals surface area contributed by atoms with Gasteiger partial charge in [-0.3, -0.25) is 4.79 Å².